The number of nitrogens with zero attached hydrogens (tertiary/aromatic N) is 1. The van der Waals surface area contributed by atoms with Crippen LogP contribution in [0, 0.1) is 0 Å². The maximum absolute atomic E-state index is 10.9. The normalized spacial score (nSPS) is 14.8. The van der Waals surface area contributed by atoms with Crippen LogP contribution in [0.3, 0.4) is 0 Å². The molecule has 0 fully saturated rings. The van der Waals surface area contributed by atoms with Crippen LogP contribution in [0.5, 0.6) is 0 Å². The summed E-state index contributed by atoms with van der Waals surface area (Å²) in [4.78, 5) is 13.4. The SMILES string of the molecule is CC(C)(O)CCc1ccc2c(c1)CCN(CCc1ccc(C(=O)O)cc1)C2. The molecule has 0 aromatic heterocycles. The average Bonchev–Trinajstić information content (AvgIpc) is 2.64. The molecule has 0 radical (unpaired) electrons. The van der Waals surface area contributed by atoms with Crippen LogP contribution in [0.1, 0.15) is 52.9 Å². The van der Waals surface area contributed by atoms with Crippen molar-refractivity contribution in [2.75, 3.05) is 13.1 Å². The summed E-state index contributed by atoms with van der Waals surface area (Å²) in [5.74, 6) is -0.879. The summed E-state index contributed by atoms with van der Waals surface area (Å²) in [6.45, 7) is 6.72. The van der Waals surface area contributed by atoms with Crippen molar-refractivity contribution >= 4 is 5.97 Å². The van der Waals surface area contributed by atoms with Crippen LogP contribution in [0.4, 0.5) is 0 Å². The van der Waals surface area contributed by atoms with Gasteiger partial charge in [0.05, 0.1) is 11.2 Å². The predicted octanol–water partition coefficient (Wildman–Crippen LogP) is 3.69. The van der Waals surface area contributed by atoms with Gasteiger partial charge in [0, 0.05) is 19.6 Å². The number of carbonyl (C=O) groups is 1. The van der Waals surface area contributed by atoms with E-state index < -0.39 is 11.6 Å². The van der Waals surface area contributed by atoms with E-state index in [1.54, 1.807) is 12.1 Å². The number of hydrogen-bond donors (Lipinski definition) is 2. The molecule has 3 rings (SSSR count). The number of fused-ring (bicyclic) bond motifs is 1. The Balaban J connectivity index is 1.54. The molecule has 0 atom stereocenters. The van der Waals surface area contributed by atoms with Crippen LogP contribution in [0.15, 0.2) is 42.5 Å². The molecule has 4 heteroatoms. The smallest absolute Gasteiger partial charge is 0.335 e. The van der Waals surface area contributed by atoms with Gasteiger partial charge in [0.15, 0.2) is 0 Å². The van der Waals surface area contributed by atoms with E-state index in [2.05, 4.69) is 23.1 Å². The zero-order valence-electron chi connectivity index (χ0n) is 16.2. The number of aliphatic hydroxyl groups is 1. The molecular formula is C23H29NO3. The van der Waals surface area contributed by atoms with Crippen molar-refractivity contribution in [2.45, 2.75) is 51.7 Å². The first-order valence-electron chi connectivity index (χ1n) is 9.68. The number of rotatable bonds is 7. The quantitative estimate of drug-likeness (QED) is 0.784. The van der Waals surface area contributed by atoms with Gasteiger partial charge in [0.1, 0.15) is 0 Å². The second-order valence-electron chi connectivity index (χ2n) is 8.19. The largest absolute Gasteiger partial charge is 0.478 e. The Morgan fingerprint density at radius 3 is 2.41 bits per heavy atom. The number of aryl methyl sites for hydroxylation is 1. The van der Waals surface area contributed by atoms with Crippen LogP contribution in [-0.2, 0) is 25.8 Å². The van der Waals surface area contributed by atoms with E-state index in [0.29, 0.717) is 5.56 Å². The Labute approximate surface area is 161 Å². The minimum absolute atomic E-state index is 0.339. The molecule has 0 unspecified atom stereocenters. The first-order chi connectivity index (χ1) is 12.8. The molecule has 2 aromatic rings. The highest BCUT2D eigenvalue weighted by Crippen LogP contribution is 2.22. The van der Waals surface area contributed by atoms with Crippen molar-refractivity contribution in [2.24, 2.45) is 0 Å². The van der Waals surface area contributed by atoms with Crippen molar-refractivity contribution in [3.63, 3.8) is 0 Å². The Morgan fingerprint density at radius 1 is 1.04 bits per heavy atom. The number of carboxylic acid groups (broad SMARTS) is 1. The first-order valence-corrected chi connectivity index (χ1v) is 9.68. The van der Waals surface area contributed by atoms with Crippen LogP contribution < -0.4 is 0 Å². The summed E-state index contributed by atoms with van der Waals surface area (Å²) < 4.78 is 0. The lowest BCUT2D eigenvalue weighted by atomic mass is 9.93. The molecule has 2 N–H and O–H groups in total. The van der Waals surface area contributed by atoms with Gasteiger partial charge in [-0.15, -0.1) is 0 Å². The van der Waals surface area contributed by atoms with E-state index >= 15 is 0 Å². The Hall–Kier alpha value is -2.17. The summed E-state index contributed by atoms with van der Waals surface area (Å²) in [6.07, 6.45) is 3.67. The van der Waals surface area contributed by atoms with Gasteiger partial charge in [-0.25, -0.2) is 4.79 Å². The Bertz CT molecular complexity index is 790. The third kappa shape index (κ3) is 5.65. The molecule has 0 bridgehead atoms. The van der Waals surface area contributed by atoms with E-state index in [0.717, 1.165) is 45.3 Å². The summed E-state index contributed by atoms with van der Waals surface area (Å²) in [5, 5.41) is 18.9. The van der Waals surface area contributed by atoms with E-state index in [1.807, 2.05) is 26.0 Å². The summed E-state index contributed by atoms with van der Waals surface area (Å²) >= 11 is 0. The first kappa shape index (κ1) is 19.6. The number of carboxylic acids is 1. The van der Waals surface area contributed by atoms with Crippen LogP contribution in [-0.4, -0.2) is 39.8 Å². The third-order valence-corrected chi connectivity index (χ3v) is 5.31. The lowest BCUT2D eigenvalue weighted by Crippen LogP contribution is -2.32. The predicted molar refractivity (Wildman–Crippen MR) is 107 cm³/mol. The molecule has 0 saturated heterocycles. The second kappa shape index (κ2) is 8.24. The van der Waals surface area contributed by atoms with Crippen molar-refractivity contribution < 1.29 is 15.0 Å². The van der Waals surface area contributed by atoms with Gasteiger partial charge in [-0.3, -0.25) is 4.90 Å². The molecule has 27 heavy (non-hydrogen) atoms. The molecule has 1 aliphatic heterocycles. The van der Waals surface area contributed by atoms with Gasteiger partial charge in [-0.1, -0.05) is 30.3 Å². The number of benzene rings is 2. The van der Waals surface area contributed by atoms with E-state index in [4.69, 9.17) is 5.11 Å². The van der Waals surface area contributed by atoms with Gasteiger partial charge < -0.3 is 10.2 Å². The summed E-state index contributed by atoms with van der Waals surface area (Å²) in [7, 11) is 0. The third-order valence-electron chi connectivity index (χ3n) is 5.31. The molecule has 2 aromatic carbocycles. The van der Waals surface area contributed by atoms with E-state index in [-0.39, 0.29) is 0 Å². The maximum Gasteiger partial charge on any atom is 0.335 e. The fraction of sp³-hybridized carbons (Fsp3) is 0.435. The molecule has 144 valence electrons. The lowest BCUT2D eigenvalue weighted by molar-refractivity contribution is 0.0693. The zero-order valence-corrected chi connectivity index (χ0v) is 16.2. The van der Waals surface area contributed by atoms with Gasteiger partial charge >= 0.3 is 5.97 Å². The van der Waals surface area contributed by atoms with Crippen molar-refractivity contribution in [1.29, 1.82) is 0 Å². The minimum atomic E-state index is -0.879. The highest BCUT2D eigenvalue weighted by molar-refractivity contribution is 5.87. The Morgan fingerprint density at radius 2 is 1.74 bits per heavy atom. The maximum atomic E-state index is 10.9. The summed E-state index contributed by atoms with van der Waals surface area (Å²) in [6, 6.07) is 13.9. The van der Waals surface area contributed by atoms with E-state index in [1.165, 1.54) is 22.3 Å². The molecule has 0 aliphatic carbocycles. The molecule has 4 nitrogen and oxygen atoms in total. The fourth-order valence-electron chi connectivity index (χ4n) is 3.56. The minimum Gasteiger partial charge on any atom is -0.478 e. The molecular weight excluding hydrogens is 338 g/mol. The van der Waals surface area contributed by atoms with Crippen molar-refractivity contribution in [3.8, 4) is 0 Å². The monoisotopic (exact) mass is 367 g/mol. The molecule has 1 aliphatic rings. The summed E-state index contributed by atoms with van der Waals surface area (Å²) in [5.41, 5.74) is 5.04. The van der Waals surface area contributed by atoms with Gasteiger partial charge in [-0.05, 0) is 73.9 Å². The molecule has 0 amide bonds. The standard InChI is InChI=1S/C23H29NO3/c1-23(2,27)12-9-18-5-8-21-16-24(14-11-20(21)15-18)13-10-17-3-6-19(7-4-17)22(25)26/h3-8,15,27H,9-14,16H2,1-2H3,(H,25,26). The van der Waals surface area contributed by atoms with Crippen LogP contribution in [0.2, 0.25) is 0 Å². The van der Waals surface area contributed by atoms with Gasteiger partial charge in [0.25, 0.3) is 0 Å². The van der Waals surface area contributed by atoms with Crippen LogP contribution in [0.25, 0.3) is 0 Å². The van der Waals surface area contributed by atoms with Gasteiger partial charge in [0.2, 0.25) is 0 Å². The second-order valence-corrected chi connectivity index (χ2v) is 8.19. The highest BCUT2D eigenvalue weighted by Gasteiger charge is 2.17. The van der Waals surface area contributed by atoms with Gasteiger partial charge in [-0.2, -0.15) is 0 Å². The number of hydrogen-bond acceptors (Lipinski definition) is 3. The lowest BCUT2D eigenvalue weighted by Gasteiger charge is -2.29. The molecule has 1 heterocycles. The molecule has 0 spiro atoms. The Kier molecular flexibility index (Phi) is 5.98. The zero-order chi connectivity index (χ0) is 19.4. The van der Waals surface area contributed by atoms with Crippen LogP contribution >= 0.6 is 0 Å². The fourth-order valence-corrected chi connectivity index (χ4v) is 3.56. The van der Waals surface area contributed by atoms with E-state index in [9.17, 15) is 9.90 Å². The highest BCUT2D eigenvalue weighted by atomic mass is 16.4. The topological polar surface area (TPSA) is 60.8 Å². The average molecular weight is 367 g/mol. The molecule has 0 saturated carbocycles. The number of aromatic carboxylic acids is 1. The van der Waals surface area contributed by atoms with Crippen molar-refractivity contribution in [3.05, 3.63) is 70.3 Å². The van der Waals surface area contributed by atoms with Crippen molar-refractivity contribution in [1.82, 2.24) is 4.90 Å².